The van der Waals surface area contributed by atoms with Gasteiger partial charge in [0.1, 0.15) is 5.75 Å². The molecule has 134 valence electrons. The molecule has 0 amide bonds. The molecule has 0 aliphatic heterocycles. The summed E-state index contributed by atoms with van der Waals surface area (Å²) in [6, 6.07) is 24.2. The second-order valence-corrected chi connectivity index (χ2v) is 6.47. The molecule has 4 heteroatoms. The Kier molecular flexibility index (Phi) is 4.38. The van der Waals surface area contributed by atoms with E-state index in [9.17, 15) is 0 Å². The van der Waals surface area contributed by atoms with Gasteiger partial charge in [-0.15, -0.1) is 0 Å². The minimum absolute atomic E-state index is 0.686. The smallest absolute Gasteiger partial charge is 0.118 e. The molecule has 0 bridgehead atoms. The van der Waals surface area contributed by atoms with Gasteiger partial charge in [-0.3, -0.25) is 0 Å². The predicted molar refractivity (Wildman–Crippen MR) is 110 cm³/mol. The molecule has 0 aliphatic rings. The van der Waals surface area contributed by atoms with Crippen LogP contribution in [0.3, 0.4) is 0 Å². The lowest BCUT2D eigenvalue weighted by molar-refractivity contribution is 0.415. The van der Waals surface area contributed by atoms with Crippen molar-refractivity contribution in [3.05, 3.63) is 84.6 Å². The summed E-state index contributed by atoms with van der Waals surface area (Å²) in [5.74, 6) is 0.820. The molecule has 0 aliphatic carbocycles. The van der Waals surface area contributed by atoms with Gasteiger partial charge in [0, 0.05) is 11.1 Å². The van der Waals surface area contributed by atoms with Crippen LogP contribution in [0.15, 0.2) is 79.0 Å². The Morgan fingerprint density at radius 3 is 2.19 bits per heavy atom. The first-order valence-corrected chi connectivity index (χ1v) is 8.82. The number of nitrogens with zero attached hydrogens (tertiary/aromatic N) is 2. The molecular weight excluding hydrogens is 334 g/mol. The molecule has 0 saturated heterocycles. The summed E-state index contributed by atoms with van der Waals surface area (Å²) in [6.45, 7) is 2.09. The molecule has 4 rings (SSSR count). The van der Waals surface area contributed by atoms with Gasteiger partial charge >= 0.3 is 0 Å². The number of ether oxygens (including phenoxy) is 1. The third-order valence-electron chi connectivity index (χ3n) is 4.66. The average Bonchev–Trinajstić information content (AvgIpc) is 3.14. The van der Waals surface area contributed by atoms with Crippen molar-refractivity contribution in [1.82, 2.24) is 9.78 Å². The normalized spacial score (nSPS) is 10.7. The Morgan fingerprint density at radius 2 is 1.52 bits per heavy atom. The number of methoxy groups -OCH3 is 1. The van der Waals surface area contributed by atoms with E-state index in [1.54, 1.807) is 7.11 Å². The van der Waals surface area contributed by atoms with Crippen molar-refractivity contribution in [3.8, 4) is 33.8 Å². The zero-order valence-electron chi connectivity index (χ0n) is 15.4. The summed E-state index contributed by atoms with van der Waals surface area (Å²) in [4.78, 5) is 0. The van der Waals surface area contributed by atoms with Crippen molar-refractivity contribution in [3.63, 3.8) is 0 Å². The fourth-order valence-electron chi connectivity index (χ4n) is 3.18. The predicted octanol–water partition coefficient (Wildman–Crippen LogP) is 5.11. The third kappa shape index (κ3) is 3.17. The summed E-state index contributed by atoms with van der Waals surface area (Å²) < 4.78 is 7.22. The molecule has 4 nitrogen and oxygen atoms in total. The van der Waals surface area contributed by atoms with Crippen LogP contribution in [0.1, 0.15) is 5.56 Å². The minimum atomic E-state index is 0.686. The summed E-state index contributed by atoms with van der Waals surface area (Å²) in [5.41, 5.74) is 13.2. The van der Waals surface area contributed by atoms with E-state index in [1.807, 2.05) is 59.4 Å². The molecule has 0 saturated carbocycles. The highest BCUT2D eigenvalue weighted by Crippen LogP contribution is 2.35. The SMILES string of the molecule is COc1ccc(-c2c(-c3ccc(C)cc3)cnn2-c2ccccc2N)cc1. The zero-order chi connectivity index (χ0) is 18.8. The first kappa shape index (κ1) is 16.9. The summed E-state index contributed by atoms with van der Waals surface area (Å²) in [7, 11) is 1.67. The lowest BCUT2D eigenvalue weighted by Crippen LogP contribution is -2.03. The number of para-hydroxylation sites is 2. The van der Waals surface area contributed by atoms with Crippen molar-refractivity contribution in [2.75, 3.05) is 12.8 Å². The number of aryl methyl sites for hydroxylation is 1. The van der Waals surface area contributed by atoms with Gasteiger partial charge < -0.3 is 10.5 Å². The Labute approximate surface area is 158 Å². The lowest BCUT2D eigenvalue weighted by atomic mass is 10.0. The van der Waals surface area contributed by atoms with Gasteiger partial charge in [-0.1, -0.05) is 42.0 Å². The highest BCUT2D eigenvalue weighted by Gasteiger charge is 2.17. The monoisotopic (exact) mass is 355 g/mol. The van der Waals surface area contributed by atoms with Gasteiger partial charge in [0.05, 0.1) is 30.4 Å². The number of hydrogen-bond acceptors (Lipinski definition) is 3. The summed E-state index contributed by atoms with van der Waals surface area (Å²) in [5, 5.41) is 4.67. The molecule has 2 N–H and O–H groups in total. The standard InChI is InChI=1S/C23H21N3O/c1-16-7-9-17(10-8-16)20-15-25-26(22-6-4-3-5-21(22)24)23(20)18-11-13-19(27-2)14-12-18/h3-15H,24H2,1-2H3. The highest BCUT2D eigenvalue weighted by atomic mass is 16.5. The lowest BCUT2D eigenvalue weighted by Gasteiger charge is -2.13. The van der Waals surface area contributed by atoms with Crippen molar-refractivity contribution >= 4 is 5.69 Å². The van der Waals surface area contributed by atoms with Crippen LogP contribution in [0.25, 0.3) is 28.1 Å². The van der Waals surface area contributed by atoms with Gasteiger partial charge in [0.2, 0.25) is 0 Å². The number of anilines is 1. The van der Waals surface area contributed by atoms with E-state index in [-0.39, 0.29) is 0 Å². The molecule has 1 aromatic heterocycles. The quantitative estimate of drug-likeness (QED) is 0.518. The number of rotatable bonds is 4. The van der Waals surface area contributed by atoms with Crippen LogP contribution in [0.5, 0.6) is 5.75 Å². The largest absolute Gasteiger partial charge is 0.497 e. The number of nitrogen functional groups attached to an aromatic ring is 1. The van der Waals surface area contributed by atoms with Crippen LogP contribution >= 0.6 is 0 Å². The van der Waals surface area contributed by atoms with E-state index >= 15 is 0 Å². The zero-order valence-corrected chi connectivity index (χ0v) is 15.4. The van der Waals surface area contributed by atoms with Crippen molar-refractivity contribution in [1.29, 1.82) is 0 Å². The van der Waals surface area contributed by atoms with Crippen LogP contribution in [0, 0.1) is 6.92 Å². The Balaban J connectivity index is 1.95. The van der Waals surface area contributed by atoms with Gasteiger partial charge in [0.25, 0.3) is 0 Å². The van der Waals surface area contributed by atoms with Crippen molar-refractivity contribution in [2.45, 2.75) is 6.92 Å². The van der Waals surface area contributed by atoms with E-state index in [0.29, 0.717) is 5.69 Å². The molecule has 1 heterocycles. The maximum Gasteiger partial charge on any atom is 0.118 e. The molecule has 0 unspecified atom stereocenters. The average molecular weight is 355 g/mol. The van der Waals surface area contributed by atoms with Crippen LogP contribution in [-0.4, -0.2) is 16.9 Å². The molecule has 0 atom stereocenters. The van der Waals surface area contributed by atoms with E-state index in [0.717, 1.165) is 33.8 Å². The first-order chi connectivity index (χ1) is 13.2. The maximum absolute atomic E-state index is 6.23. The first-order valence-electron chi connectivity index (χ1n) is 8.82. The fourth-order valence-corrected chi connectivity index (χ4v) is 3.18. The molecular formula is C23H21N3O. The molecule has 3 aromatic carbocycles. The van der Waals surface area contributed by atoms with E-state index in [4.69, 9.17) is 10.5 Å². The Morgan fingerprint density at radius 1 is 0.852 bits per heavy atom. The van der Waals surface area contributed by atoms with Gasteiger partial charge in [-0.05, 0) is 48.9 Å². The molecule has 0 radical (unpaired) electrons. The topological polar surface area (TPSA) is 53.1 Å². The molecule has 0 spiro atoms. The van der Waals surface area contributed by atoms with Crippen molar-refractivity contribution in [2.24, 2.45) is 0 Å². The maximum atomic E-state index is 6.23. The van der Waals surface area contributed by atoms with Crippen LogP contribution < -0.4 is 10.5 Å². The fraction of sp³-hybridized carbons (Fsp3) is 0.0870. The Hall–Kier alpha value is -3.53. The summed E-state index contributed by atoms with van der Waals surface area (Å²) >= 11 is 0. The van der Waals surface area contributed by atoms with E-state index in [1.165, 1.54) is 5.56 Å². The van der Waals surface area contributed by atoms with Crippen LogP contribution in [-0.2, 0) is 0 Å². The summed E-state index contributed by atoms with van der Waals surface area (Å²) in [6.07, 6.45) is 1.90. The minimum Gasteiger partial charge on any atom is -0.497 e. The van der Waals surface area contributed by atoms with Crippen LogP contribution in [0.4, 0.5) is 5.69 Å². The van der Waals surface area contributed by atoms with Crippen LogP contribution in [0.2, 0.25) is 0 Å². The molecule has 27 heavy (non-hydrogen) atoms. The second-order valence-electron chi connectivity index (χ2n) is 6.47. The Bertz CT molecular complexity index is 1060. The number of aromatic nitrogens is 2. The third-order valence-corrected chi connectivity index (χ3v) is 4.66. The second kappa shape index (κ2) is 7.00. The van der Waals surface area contributed by atoms with Gasteiger partial charge in [-0.25, -0.2) is 4.68 Å². The van der Waals surface area contributed by atoms with Gasteiger partial charge in [-0.2, -0.15) is 5.10 Å². The molecule has 4 aromatic rings. The molecule has 0 fully saturated rings. The number of nitrogens with two attached hydrogens (primary N) is 1. The highest BCUT2D eigenvalue weighted by molar-refractivity contribution is 5.83. The van der Waals surface area contributed by atoms with E-state index < -0.39 is 0 Å². The van der Waals surface area contributed by atoms with Gasteiger partial charge in [0.15, 0.2) is 0 Å². The number of hydrogen-bond donors (Lipinski definition) is 1. The number of benzene rings is 3. The van der Waals surface area contributed by atoms with E-state index in [2.05, 4.69) is 36.3 Å². The van der Waals surface area contributed by atoms with Crippen molar-refractivity contribution < 1.29 is 4.74 Å².